The Morgan fingerprint density at radius 2 is 1.96 bits per heavy atom. The van der Waals surface area contributed by atoms with Gasteiger partial charge in [-0.2, -0.15) is 0 Å². The van der Waals surface area contributed by atoms with Gasteiger partial charge in [-0.1, -0.05) is 12.1 Å². The second-order valence-electron chi connectivity index (χ2n) is 6.22. The van der Waals surface area contributed by atoms with E-state index < -0.39 is 0 Å². The molecule has 0 atom stereocenters. The highest BCUT2D eigenvalue weighted by atomic mass is 16.5. The molecule has 3 rings (SSSR count). The van der Waals surface area contributed by atoms with Gasteiger partial charge in [0, 0.05) is 24.3 Å². The quantitative estimate of drug-likeness (QED) is 0.910. The highest BCUT2D eigenvalue weighted by Crippen LogP contribution is 2.27. The molecule has 1 aliphatic heterocycles. The first-order valence-corrected chi connectivity index (χ1v) is 8.40. The van der Waals surface area contributed by atoms with Gasteiger partial charge < -0.3 is 15.0 Å². The van der Waals surface area contributed by atoms with E-state index >= 15 is 0 Å². The van der Waals surface area contributed by atoms with Crippen LogP contribution in [0.3, 0.4) is 0 Å². The van der Waals surface area contributed by atoms with Crippen LogP contribution in [0.2, 0.25) is 0 Å². The van der Waals surface area contributed by atoms with Crippen molar-refractivity contribution in [3.8, 4) is 5.75 Å². The normalized spacial score (nSPS) is 13.8. The number of hydrogen-bond acceptors (Lipinski definition) is 3. The van der Waals surface area contributed by atoms with Gasteiger partial charge in [-0.15, -0.1) is 0 Å². The summed E-state index contributed by atoms with van der Waals surface area (Å²) < 4.78 is 5.12. The molecule has 2 amide bonds. The van der Waals surface area contributed by atoms with Gasteiger partial charge in [0.05, 0.1) is 13.5 Å². The number of anilines is 2. The fourth-order valence-electron chi connectivity index (χ4n) is 3.07. The summed E-state index contributed by atoms with van der Waals surface area (Å²) in [5, 5.41) is 2.92. The number of aryl methyl sites for hydroxylation is 1. The lowest BCUT2D eigenvalue weighted by molar-refractivity contribution is -0.117. The molecular weight excluding hydrogens is 316 g/mol. The third-order valence-electron chi connectivity index (χ3n) is 4.37. The van der Waals surface area contributed by atoms with Gasteiger partial charge in [0.2, 0.25) is 11.8 Å². The Morgan fingerprint density at radius 3 is 2.56 bits per heavy atom. The zero-order valence-electron chi connectivity index (χ0n) is 14.5. The van der Waals surface area contributed by atoms with E-state index in [-0.39, 0.29) is 11.8 Å². The van der Waals surface area contributed by atoms with Gasteiger partial charge >= 0.3 is 0 Å². The zero-order valence-corrected chi connectivity index (χ0v) is 14.5. The largest absolute Gasteiger partial charge is 0.497 e. The Balaban J connectivity index is 1.64. The van der Waals surface area contributed by atoms with Crippen molar-refractivity contribution in [3.63, 3.8) is 0 Å². The number of benzene rings is 2. The van der Waals surface area contributed by atoms with Gasteiger partial charge in [0.1, 0.15) is 5.75 Å². The summed E-state index contributed by atoms with van der Waals surface area (Å²) in [4.78, 5) is 25.9. The van der Waals surface area contributed by atoms with Gasteiger partial charge in [0.25, 0.3) is 0 Å². The van der Waals surface area contributed by atoms with E-state index in [0.717, 1.165) is 41.2 Å². The van der Waals surface area contributed by atoms with Crippen molar-refractivity contribution in [2.24, 2.45) is 0 Å². The fourth-order valence-corrected chi connectivity index (χ4v) is 3.07. The molecule has 25 heavy (non-hydrogen) atoms. The van der Waals surface area contributed by atoms with Crippen molar-refractivity contribution in [1.82, 2.24) is 0 Å². The number of hydrogen-bond donors (Lipinski definition) is 1. The molecule has 1 heterocycles. The standard InChI is InChI=1S/C20H22N2O3/c1-14-12-16(7-10-18(14)22-11-3-4-20(22)24)21-19(23)13-15-5-8-17(25-2)9-6-15/h5-10,12H,3-4,11,13H2,1-2H3,(H,21,23). The number of carbonyl (C=O) groups is 2. The molecule has 0 aliphatic carbocycles. The number of rotatable bonds is 5. The van der Waals surface area contributed by atoms with Crippen LogP contribution in [-0.4, -0.2) is 25.5 Å². The van der Waals surface area contributed by atoms with Crippen molar-refractivity contribution in [1.29, 1.82) is 0 Å². The molecule has 1 aliphatic rings. The van der Waals surface area contributed by atoms with Crippen LogP contribution in [0.4, 0.5) is 11.4 Å². The summed E-state index contributed by atoms with van der Waals surface area (Å²) >= 11 is 0. The van der Waals surface area contributed by atoms with Crippen molar-refractivity contribution in [2.45, 2.75) is 26.2 Å². The minimum Gasteiger partial charge on any atom is -0.497 e. The predicted molar refractivity (Wildman–Crippen MR) is 98.1 cm³/mol. The van der Waals surface area contributed by atoms with Crippen LogP contribution in [-0.2, 0) is 16.0 Å². The Hall–Kier alpha value is -2.82. The summed E-state index contributed by atoms with van der Waals surface area (Å²) in [6.45, 7) is 2.73. The molecule has 0 saturated carbocycles. The van der Waals surface area contributed by atoms with Crippen molar-refractivity contribution < 1.29 is 14.3 Å². The molecule has 2 aromatic rings. The Labute approximate surface area is 147 Å². The van der Waals surface area contributed by atoms with Crippen molar-refractivity contribution >= 4 is 23.2 Å². The first-order valence-electron chi connectivity index (χ1n) is 8.40. The highest BCUT2D eigenvalue weighted by Gasteiger charge is 2.23. The summed E-state index contributed by atoms with van der Waals surface area (Å²) in [5.74, 6) is 0.862. The SMILES string of the molecule is COc1ccc(CC(=O)Nc2ccc(N3CCCC3=O)c(C)c2)cc1. The third kappa shape index (κ3) is 3.99. The van der Waals surface area contributed by atoms with Crippen molar-refractivity contribution in [2.75, 3.05) is 23.9 Å². The molecule has 0 radical (unpaired) electrons. The van der Waals surface area contributed by atoms with E-state index in [2.05, 4.69) is 5.32 Å². The number of nitrogens with one attached hydrogen (secondary N) is 1. The second kappa shape index (κ2) is 7.38. The number of amides is 2. The number of nitrogens with zero attached hydrogens (tertiary/aromatic N) is 1. The molecule has 130 valence electrons. The summed E-state index contributed by atoms with van der Waals surface area (Å²) in [5.41, 5.74) is 3.58. The van der Waals surface area contributed by atoms with Gasteiger partial charge in [-0.05, 0) is 54.8 Å². The third-order valence-corrected chi connectivity index (χ3v) is 4.37. The minimum atomic E-state index is -0.0745. The molecule has 1 saturated heterocycles. The maximum absolute atomic E-state index is 12.2. The lowest BCUT2D eigenvalue weighted by atomic mass is 10.1. The maximum Gasteiger partial charge on any atom is 0.228 e. The average Bonchev–Trinajstić information content (AvgIpc) is 3.01. The monoisotopic (exact) mass is 338 g/mol. The van der Waals surface area contributed by atoms with Crippen LogP contribution in [0.1, 0.15) is 24.0 Å². The molecular formula is C20H22N2O3. The fraction of sp³-hybridized carbons (Fsp3) is 0.300. The molecule has 0 unspecified atom stereocenters. The number of ether oxygens (including phenoxy) is 1. The molecule has 0 spiro atoms. The van der Waals surface area contributed by atoms with Gasteiger partial charge in [-0.25, -0.2) is 0 Å². The van der Waals surface area contributed by atoms with Crippen molar-refractivity contribution in [3.05, 3.63) is 53.6 Å². The molecule has 1 fully saturated rings. The highest BCUT2D eigenvalue weighted by molar-refractivity contribution is 5.97. The van der Waals surface area contributed by atoms with Gasteiger partial charge in [0.15, 0.2) is 0 Å². The van der Waals surface area contributed by atoms with Gasteiger partial charge in [-0.3, -0.25) is 9.59 Å². The lowest BCUT2D eigenvalue weighted by Crippen LogP contribution is -2.24. The van der Waals surface area contributed by atoms with Crippen LogP contribution in [0.15, 0.2) is 42.5 Å². The first kappa shape index (κ1) is 17.0. The Morgan fingerprint density at radius 1 is 1.20 bits per heavy atom. The molecule has 5 nitrogen and oxygen atoms in total. The van der Waals surface area contributed by atoms with Crippen LogP contribution < -0.4 is 15.0 Å². The van der Waals surface area contributed by atoms with E-state index in [1.807, 2.05) is 54.3 Å². The number of carbonyl (C=O) groups excluding carboxylic acids is 2. The smallest absolute Gasteiger partial charge is 0.228 e. The first-order chi connectivity index (χ1) is 12.1. The van der Waals surface area contributed by atoms with Crippen LogP contribution >= 0.6 is 0 Å². The topological polar surface area (TPSA) is 58.6 Å². The summed E-state index contributed by atoms with van der Waals surface area (Å²) in [7, 11) is 1.61. The van der Waals surface area contributed by atoms with E-state index in [4.69, 9.17) is 4.74 Å². The number of methoxy groups -OCH3 is 1. The predicted octanol–water partition coefficient (Wildman–Crippen LogP) is 3.31. The molecule has 5 heteroatoms. The molecule has 1 N–H and O–H groups in total. The molecule has 0 aromatic heterocycles. The van der Waals surface area contributed by atoms with E-state index in [0.29, 0.717) is 12.8 Å². The van der Waals surface area contributed by atoms with Crippen LogP contribution in [0.25, 0.3) is 0 Å². The molecule has 0 bridgehead atoms. The average molecular weight is 338 g/mol. The minimum absolute atomic E-state index is 0.0745. The Bertz CT molecular complexity index is 784. The van der Waals surface area contributed by atoms with Crippen LogP contribution in [0, 0.1) is 6.92 Å². The summed E-state index contributed by atoms with van der Waals surface area (Å²) in [6.07, 6.45) is 1.81. The van der Waals surface area contributed by atoms with Crippen LogP contribution in [0.5, 0.6) is 5.75 Å². The summed E-state index contributed by atoms with van der Waals surface area (Å²) in [6, 6.07) is 13.1. The maximum atomic E-state index is 12.2. The molecule has 2 aromatic carbocycles. The lowest BCUT2D eigenvalue weighted by Gasteiger charge is -2.19. The zero-order chi connectivity index (χ0) is 17.8. The van der Waals surface area contributed by atoms with E-state index in [1.54, 1.807) is 7.11 Å². The Kier molecular flexibility index (Phi) is 5.03. The van der Waals surface area contributed by atoms with E-state index in [1.165, 1.54) is 0 Å². The van der Waals surface area contributed by atoms with E-state index in [9.17, 15) is 9.59 Å². The second-order valence-corrected chi connectivity index (χ2v) is 6.22.